The first-order chi connectivity index (χ1) is 9.08. The van der Waals surface area contributed by atoms with Gasteiger partial charge >= 0.3 is 0 Å². The molecule has 1 rings (SSSR count). The molecule has 6 nitrogen and oxygen atoms in total. The van der Waals surface area contributed by atoms with Crippen LogP contribution in [-0.2, 0) is 6.54 Å². The van der Waals surface area contributed by atoms with E-state index in [9.17, 15) is 14.7 Å². The lowest BCUT2D eigenvalue weighted by Crippen LogP contribution is -2.57. The van der Waals surface area contributed by atoms with Crippen molar-refractivity contribution in [2.45, 2.75) is 58.7 Å². The van der Waals surface area contributed by atoms with Crippen molar-refractivity contribution in [1.29, 1.82) is 0 Å². The minimum atomic E-state index is -1.08. The molecule has 0 spiro atoms. The number of carbonyl (C=O) groups excluding carboxylic acids is 1. The van der Waals surface area contributed by atoms with Crippen molar-refractivity contribution >= 4 is 5.91 Å². The molecule has 0 aliphatic carbocycles. The van der Waals surface area contributed by atoms with E-state index in [1.54, 1.807) is 27.7 Å². The van der Waals surface area contributed by atoms with Crippen LogP contribution in [0.4, 0.5) is 0 Å². The molecule has 0 radical (unpaired) electrons. The molecule has 0 aliphatic rings. The maximum Gasteiger partial charge on any atom is 0.272 e. The summed E-state index contributed by atoms with van der Waals surface area (Å²) in [4.78, 5) is 23.7. The Hall–Kier alpha value is -1.69. The Labute approximate surface area is 118 Å². The van der Waals surface area contributed by atoms with Gasteiger partial charge in [-0.05, 0) is 40.2 Å². The molecule has 1 heterocycles. The molecule has 0 fully saturated rings. The normalized spacial score (nSPS) is 12.3. The van der Waals surface area contributed by atoms with Gasteiger partial charge in [0.2, 0.25) is 0 Å². The SMILES string of the molecule is CCCn1nc(C(=O)NC(C)(C)C(C)(C)O)ccc1=O. The van der Waals surface area contributed by atoms with Crippen molar-refractivity contribution in [2.75, 3.05) is 0 Å². The number of hydrogen-bond acceptors (Lipinski definition) is 4. The average Bonchev–Trinajstić information content (AvgIpc) is 2.30. The Morgan fingerprint density at radius 2 is 1.95 bits per heavy atom. The third-order valence-electron chi connectivity index (χ3n) is 3.49. The summed E-state index contributed by atoms with van der Waals surface area (Å²) >= 11 is 0. The monoisotopic (exact) mass is 281 g/mol. The molecule has 0 saturated carbocycles. The summed E-state index contributed by atoms with van der Waals surface area (Å²) in [6.07, 6.45) is 0.757. The summed E-state index contributed by atoms with van der Waals surface area (Å²) in [7, 11) is 0. The number of aromatic nitrogens is 2. The highest BCUT2D eigenvalue weighted by Crippen LogP contribution is 2.20. The highest BCUT2D eigenvalue weighted by Gasteiger charge is 2.36. The Morgan fingerprint density at radius 1 is 1.35 bits per heavy atom. The molecular weight excluding hydrogens is 258 g/mol. The van der Waals surface area contributed by atoms with Crippen LogP contribution >= 0.6 is 0 Å². The zero-order chi connectivity index (χ0) is 15.6. The minimum absolute atomic E-state index is 0.162. The molecule has 112 valence electrons. The van der Waals surface area contributed by atoms with Gasteiger partial charge in [-0.2, -0.15) is 5.10 Å². The zero-order valence-electron chi connectivity index (χ0n) is 12.7. The van der Waals surface area contributed by atoms with Crippen molar-refractivity contribution in [3.8, 4) is 0 Å². The molecule has 20 heavy (non-hydrogen) atoms. The number of nitrogens with zero attached hydrogens (tertiary/aromatic N) is 2. The maximum absolute atomic E-state index is 12.2. The lowest BCUT2D eigenvalue weighted by atomic mass is 9.86. The average molecular weight is 281 g/mol. The van der Waals surface area contributed by atoms with Crippen molar-refractivity contribution in [1.82, 2.24) is 15.1 Å². The molecule has 1 amide bonds. The molecule has 6 heteroatoms. The van der Waals surface area contributed by atoms with Gasteiger partial charge in [0.05, 0.1) is 11.1 Å². The van der Waals surface area contributed by atoms with E-state index in [-0.39, 0.29) is 11.3 Å². The highest BCUT2D eigenvalue weighted by atomic mass is 16.3. The standard InChI is InChI=1S/C14H23N3O3/c1-6-9-17-11(18)8-7-10(16-17)12(19)15-13(2,3)14(4,5)20/h7-8,20H,6,9H2,1-5H3,(H,15,19). The number of rotatable bonds is 5. The summed E-state index contributed by atoms with van der Waals surface area (Å²) < 4.78 is 1.27. The summed E-state index contributed by atoms with van der Waals surface area (Å²) in [6, 6.07) is 2.72. The van der Waals surface area contributed by atoms with E-state index < -0.39 is 17.0 Å². The third-order valence-corrected chi connectivity index (χ3v) is 3.49. The van der Waals surface area contributed by atoms with E-state index in [0.29, 0.717) is 6.54 Å². The number of aliphatic hydroxyl groups is 1. The predicted molar refractivity (Wildman–Crippen MR) is 76.6 cm³/mol. The fourth-order valence-electron chi connectivity index (χ4n) is 1.44. The quantitative estimate of drug-likeness (QED) is 0.841. The Balaban J connectivity index is 2.99. The van der Waals surface area contributed by atoms with Gasteiger partial charge in [0.1, 0.15) is 5.69 Å². The highest BCUT2D eigenvalue weighted by molar-refractivity contribution is 5.92. The van der Waals surface area contributed by atoms with Gasteiger partial charge in [-0.3, -0.25) is 9.59 Å². The molecule has 2 N–H and O–H groups in total. The van der Waals surface area contributed by atoms with Gasteiger partial charge in [0.15, 0.2) is 0 Å². The Kier molecular flexibility index (Phi) is 4.70. The van der Waals surface area contributed by atoms with E-state index in [2.05, 4.69) is 10.4 Å². The van der Waals surface area contributed by atoms with Gasteiger partial charge in [-0.15, -0.1) is 0 Å². The number of nitrogens with one attached hydrogen (secondary N) is 1. The van der Waals surface area contributed by atoms with Crippen LogP contribution < -0.4 is 10.9 Å². The topological polar surface area (TPSA) is 84.2 Å². The number of amides is 1. The van der Waals surface area contributed by atoms with Gasteiger partial charge in [-0.25, -0.2) is 4.68 Å². The van der Waals surface area contributed by atoms with Gasteiger partial charge in [-0.1, -0.05) is 6.92 Å². The van der Waals surface area contributed by atoms with Crippen LogP contribution in [0.1, 0.15) is 51.5 Å². The minimum Gasteiger partial charge on any atom is -0.388 e. The first kappa shape index (κ1) is 16.4. The smallest absolute Gasteiger partial charge is 0.272 e. The van der Waals surface area contributed by atoms with Crippen LogP contribution in [0.25, 0.3) is 0 Å². The van der Waals surface area contributed by atoms with Crippen LogP contribution in [0.2, 0.25) is 0 Å². The summed E-state index contributed by atoms with van der Waals surface area (Å²) in [5.74, 6) is -0.415. The summed E-state index contributed by atoms with van der Waals surface area (Å²) in [5.41, 5.74) is -1.97. The summed E-state index contributed by atoms with van der Waals surface area (Å²) in [5, 5.41) is 16.8. The number of carbonyl (C=O) groups is 1. The number of aryl methyl sites for hydroxylation is 1. The van der Waals surface area contributed by atoms with E-state index in [4.69, 9.17) is 0 Å². The molecule has 0 atom stereocenters. The fraction of sp³-hybridized carbons (Fsp3) is 0.643. The van der Waals surface area contributed by atoms with Gasteiger partial charge < -0.3 is 10.4 Å². The van der Waals surface area contributed by atoms with E-state index in [0.717, 1.165) is 6.42 Å². The molecule has 0 bridgehead atoms. The Bertz CT molecular complexity index is 541. The molecular formula is C14H23N3O3. The van der Waals surface area contributed by atoms with Gasteiger partial charge in [0, 0.05) is 12.6 Å². The second-order valence-corrected chi connectivity index (χ2v) is 5.92. The van der Waals surface area contributed by atoms with E-state index in [1.807, 2.05) is 6.92 Å². The molecule has 0 saturated heterocycles. The van der Waals surface area contributed by atoms with E-state index in [1.165, 1.54) is 16.8 Å². The Morgan fingerprint density at radius 3 is 2.45 bits per heavy atom. The van der Waals surface area contributed by atoms with Crippen molar-refractivity contribution in [2.24, 2.45) is 0 Å². The van der Waals surface area contributed by atoms with Crippen molar-refractivity contribution in [3.63, 3.8) is 0 Å². The number of hydrogen-bond donors (Lipinski definition) is 2. The van der Waals surface area contributed by atoms with Crippen LogP contribution in [0.3, 0.4) is 0 Å². The van der Waals surface area contributed by atoms with Gasteiger partial charge in [0.25, 0.3) is 11.5 Å². The second-order valence-electron chi connectivity index (χ2n) is 5.92. The molecule has 1 aromatic rings. The van der Waals surface area contributed by atoms with Crippen LogP contribution in [-0.4, -0.2) is 31.9 Å². The second kappa shape index (κ2) is 5.75. The molecule has 1 aromatic heterocycles. The van der Waals surface area contributed by atoms with Crippen LogP contribution in [0.5, 0.6) is 0 Å². The third kappa shape index (κ3) is 3.66. The van der Waals surface area contributed by atoms with Crippen molar-refractivity contribution in [3.05, 3.63) is 28.2 Å². The van der Waals surface area contributed by atoms with Crippen molar-refractivity contribution < 1.29 is 9.90 Å². The molecule has 0 unspecified atom stereocenters. The molecule has 0 aromatic carbocycles. The summed E-state index contributed by atoms with van der Waals surface area (Å²) in [6.45, 7) is 9.10. The predicted octanol–water partition coefficient (Wildman–Crippen LogP) is 0.933. The lowest BCUT2D eigenvalue weighted by Gasteiger charge is -2.37. The maximum atomic E-state index is 12.2. The van der Waals surface area contributed by atoms with Crippen LogP contribution in [0.15, 0.2) is 16.9 Å². The largest absolute Gasteiger partial charge is 0.388 e. The fourth-order valence-corrected chi connectivity index (χ4v) is 1.44. The first-order valence-corrected chi connectivity index (χ1v) is 6.71. The lowest BCUT2D eigenvalue weighted by molar-refractivity contribution is -0.00306. The zero-order valence-corrected chi connectivity index (χ0v) is 12.7. The first-order valence-electron chi connectivity index (χ1n) is 6.71. The molecule has 0 aliphatic heterocycles. The van der Waals surface area contributed by atoms with Crippen LogP contribution in [0, 0.1) is 0 Å². The van der Waals surface area contributed by atoms with E-state index >= 15 is 0 Å².